The minimum Gasteiger partial charge on any atom is -0.477 e. The average Bonchev–Trinajstić information content (AvgIpc) is 2.98. The second kappa shape index (κ2) is 5.49. The Bertz CT molecular complexity index is 594. The van der Waals surface area contributed by atoms with Gasteiger partial charge in [0.1, 0.15) is 5.56 Å². The maximum absolute atomic E-state index is 11.1. The second-order valence-electron chi connectivity index (χ2n) is 5.33. The number of benzene rings is 1. The summed E-state index contributed by atoms with van der Waals surface area (Å²) in [7, 11) is 0. The number of aromatic nitrogens is 1. The summed E-state index contributed by atoms with van der Waals surface area (Å²) in [5.41, 5.74) is 2.21. The van der Waals surface area contributed by atoms with Crippen LogP contribution < -0.4 is 0 Å². The van der Waals surface area contributed by atoms with Crippen molar-refractivity contribution < 1.29 is 14.4 Å². The molecule has 2 aromatic rings. The van der Waals surface area contributed by atoms with Gasteiger partial charge < -0.3 is 9.63 Å². The summed E-state index contributed by atoms with van der Waals surface area (Å²) in [6, 6.07) is 8.02. The fourth-order valence-corrected chi connectivity index (χ4v) is 2.94. The van der Waals surface area contributed by atoms with E-state index < -0.39 is 5.97 Å². The first-order valence-electron chi connectivity index (χ1n) is 7.04. The minimum atomic E-state index is -1.02. The fraction of sp³-hybridized carbons (Fsp3) is 0.375. The Morgan fingerprint density at radius 2 is 1.85 bits per heavy atom. The standard InChI is InChI=1S/C16H17NO3/c18-16(19)14-10-17-20-15(14)13-8-6-12(7-9-13)11-4-2-1-3-5-11/h6-11H,1-5H2,(H,18,19). The van der Waals surface area contributed by atoms with Crippen LogP contribution in [-0.4, -0.2) is 16.2 Å². The predicted molar refractivity (Wildman–Crippen MR) is 74.7 cm³/mol. The highest BCUT2D eigenvalue weighted by Crippen LogP contribution is 2.34. The maximum atomic E-state index is 11.1. The van der Waals surface area contributed by atoms with E-state index in [4.69, 9.17) is 9.63 Å². The van der Waals surface area contributed by atoms with Gasteiger partial charge in [0.05, 0.1) is 6.20 Å². The van der Waals surface area contributed by atoms with Crippen molar-refractivity contribution in [2.75, 3.05) is 0 Å². The lowest BCUT2D eigenvalue weighted by Gasteiger charge is -2.21. The Balaban J connectivity index is 1.85. The monoisotopic (exact) mass is 271 g/mol. The van der Waals surface area contributed by atoms with E-state index in [1.807, 2.05) is 12.1 Å². The van der Waals surface area contributed by atoms with Crippen molar-refractivity contribution in [3.63, 3.8) is 0 Å². The van der Waals surface area contributed by atoms with Crippen molar-refractivity contribution in [3.05, 3.63) is 41.6 Å². The molecule has 0 radical (unpaired) electrons. The van der Waals surface area contributed by atoms with Crippen molar-refractivity contribution in [3.8, 4) is 11.3 Å². The van der Waals surface area contributed by atoms with Crippen LogP contribution in [-0.2, 0) is 0 Å². The summed E-state index contributed by atoms with van der Waals surface area (Å²) < 4.78 is 5.07. The van der Waals surface area contributed by atoms with Crippen LogP contribution in [0.25, 0.3) is 11.3 Å². The molecule has 3 rings (SSSR count). The molecule has 1 aromatic carbocycles. The SMILES string of the molecule is O=C(O)c1cnoc1-c1ccc(C2CCCCC2)cc1. The molecule has 0 atom stereocenters. The van der Waals surface area contributed by atoms with Gasteiger partial charge in [-0.15, -0.1) is 0 Å². The second-order valence-corrected chi connectivity index (χ2v) is 5.33. The molecule has 0 aliphatic heterocycles. The smallest absolute Gasteiger partial charge is 0.341 e. The number of aromatic carboxylic acids is 1. The van der Waals surface area contributed by atoms with E-state index >= 15 is 0 Å². The fourth-order valence-electron chi connectivity index (χ4n) is 2.94. The topological polar surface area (TPSA) is 63.3 Å². The molecule has 1 saturated carbocycles. The Labute approximate surface area is 117 Å². The molecule has 1 aliphatic carbocycles. The molecule has 1 fully saturated rings. The molecule has 1 heterocycles. The number of carboxylic acids is 1. The Kier molecular flexibility index (Phi) is 3.54. The average molecular weight is 271 g/mol. The summed E-state index contributed by atoms with van der Waals surface area (Å²) in [5.74, 6) is -0.0447. The zero-order valence-electron chi connectivity index (χ0n) is 11.2. The third-order valence-corrected chi connectivity index (χ3v) is 4.05. The van der Waals surface area contributed by atoms with Crippen molar-refractivity contribution in [1.82, 2.24) is 5.16 Å². The van der Waals surface area contributed by atoms with Crippen LogP contribution in [0.1, 0.15) is 53.9 Å². The lowest BCUT2D eigenvalue weighted by molar-refractivity contribution is 0.0697. The van der Waals surface area contributed by atoms with Crippen LogP contribution in [0.4, 0.5) is 0 Å². The zero-order valence-corrected chi connectivity index (χ0v) is 11.2. The molecule has 1 aliphatic rings. The Hall–Kier alpha value is -2.10. The van der Waals surface area contributed by atoms with E-state index in [-0.39, 0.29) is 5.56 Å². The first kappa shape index (κ1) is 12.9. The molecule has 0 unspecified atom stereocenters. The number of carbonyl (C=O) groups is 1. The van der Waals surface area contributed by atoms with E-state index in [9.17, 15) is 4.79 Å². The van der Waals surface area contributed by atoms with E-state index in [0.717, 1.165) is 5.56 Å². The molecule has 0 bridgehead atoms. The lowest BCUT2D eigenvalue weighted by atomic mass is 9.84. The van der Waals surface area contributed by atoms with Crippen LogP contribution in [0.5, 0.6) is 0 Å². The van der Waals surface area contributed by atoms with Crippen molar-refractivity contribution >= 4 is 5.97 Å². The molecule has 20 heavy (non-hydrogen) atoms. The van der Waals surface area contributed by atoms with Crippen LogP contribution in [0, 0.1) is 0 Å². The third-order valence-electron chi connectivity index (χ3n) is 4.05. The summed E-state index contributed by atoms with van der Waals surface area (Å²) in [4.78, 5) is 11.1. The molecule has 1 N–H and O–H groups in total. The number of hydrogen-bond acceptors (Lipinski definition) is 3. The molecule has 0 spiro atoms. The van der Waals surface area contributed by atoms with E-state index in [1.165, 1.54) is 43.9 Å². The van der Waals surface area contributed by atoms with E-state index in [2.05, 4.69) is 17.3 Å². The summed E-state index contributed by atoms with van der Waals surface area (Å²) >= 11 is 0. The van der Waals surface area contributed by atoms with Gasteiger partial charge in [0.25, 0.3) is 0 Å². The van der Waals surface area contributed by atoms with Gasteiger partial charge in [-0.3, -0.25) is 0 Å². The van der Waals surface area contributed by atoms with Gasteiger partial charge in [0.15, 0.2) is 5.76 Å². The van der Waals surface area contributed by atoms with Gasteiger partial charge in [-0.1, -0.05) is 48.7 Å². The molecule has 4 heteroatoms. The van der Waals surface area contributed by atoms with Crippen molar-refractivity contribution in [2.45, 2.75) is 38.0 Å². The van der Waals surface area contributed by atoms with Crippen LogP contribution in [0.2, 0.25) is 0 Å². The quantitative estimate of drug-likeness (QED) is 0.913. The lowest BCUT2D eigenvalue weighted by Crippen LogP contribution is -2.04. The summed E-state index contributed by atoms with van der Waals surface area (Å²) in [5, 5.41) is 12.7. The van der Waals surface area contributed by atoms with Gasteiger partial charge in [0, 0.05) is 5.56 Å². The molecule has 1 aromatic heterocycles. The van der Waals surface area contributed by atoms with Gasteiger partial charge in [-0.25, -0.2) is 4.79 Å². The van der Waals surface area contributed by atoms with Crippen LogP contribution >= 0.6 is 0 Å². The summed E-state index contributed by atoms with van der Waals surface area (Å²) in [6.07, 6.45) is 7.70. The van der Waals surface area contributed by atoms with Crippen molar-refractivity contribution in [2.24, 2.45) is 0 Å². The highest BCUT2D eigenvalue weighted by Gasteiger charge is 2.18. The largest absolute Gasteiger partial charge is 0.477 e. The highest BCUT2D eigenvalue weighted by molar-refractivity contribution is 5.93. The first-order valence-corrected chi connectivity index (χ1v) is 7.04. The van der Waals surface area contributed by atoms with E-state index in [1.54, 1.807) is 0 Å². The molecule has 0 saturated heterocycles. The molecular formula is C16H17NO3. The van der Waals surface area contributed by atoms with Gasteiger partial charge >= 0.3 is 5.97 Å². The summed E-state index contributed by atoms with van der Waals surface area (Å²) in [6.45, 7) is 0. The Morgan fingerprint density at radius 1 is 1.15 bits per heavy atom. The van der Waals surface area contributed by atoms with Gasteiger partial charge in [0.2, 0.25) is 0 Å². The van der Waals surface area contributed by atoms with Gasteiger partial charge in [-0.05, 0) is 24.3 Å². The predicted octanol–water partition coefficient (Wildman–Crippen LogP) is 4.09. The normalized spacial score (nSPS) is 16.2. The first-order chi connectivity index (χ1) is 9.75. The molecule has 104 valence electrons. The van der Waals surface area contributed by atoms with Crippen LogP contribution in [0.15, 0.2) is 35.0 Å². The van der Waals surface area contributed by atoms with E-state index in [0.29, 0.717) is 11.7 Å². The van der Waals surface area contributed by atoms with Crippen LogP contribution in [0.3, 0.4) is 0 Å². The maximum Gasteiger partial charge on any atom is 0.341 e. The Morgan fingerprint density at radius 3 is 2.50 bits per heavy atom. The number of carboxylic acid groups (broad SMARTS) is 1. The van der Waals surface area contributed by atoms with Crippen molar-refractivity contribution in [1.29, 1.82) is 0 Å². The van der Waals surface area contributed by atoms with Gasteiger partial charge in [-0.2, -0.15) is 0 Å². The number of hydrogen-bond donors (Lipinski definition) is 1. The minimum absolute atomic E-state index is 0.107. The number of nitrogens with zero attached hydrogens (tertiary/aromatic N) is 1. The molecule has 0 amide bonds. The number of rotatable bonds is 3. The highest BCUT2D eigenvalue weighted by atomic mass is 16.5. The zero-order chi connectivity index (χ0) is 13.9. The molecular weight excluding hydrogens is 254 g/mol. The molecule has 4 nitrogen and oxygen atoms in total. The third kappa shape index (κ3) is 2.46.